The van der Waals surface area contributed by atoms with Gasteiger partial charge in [0.25, 0.3) is 5.69 Å². The lowest BCUT2D eigenvalue weighted by atomic mass is 10.1. The van der Waals surface area contributed by atoms with Crippen molar-refractivity contribution < 1.29 is 19.1 Å². The van der Waals surface area contributed by atoms with Crippen LogP contribution in [0.5, 0.6) is 5.75 Å². The average Bonchev–Trinajstić information content (AvgIpc) is 3.16. The first-order valence-electron chi connectivity index (χ1n) is 9.62. The lowest BCUT2D eigenvalue weighted by molar-refractivity contribution is -0.384. The highest BCUT2D eigenvalue weighted by Gasteiger charge is 2.36. The highest BCUT2D eigenvalue weighted by molar-refractivity contribution is 5.46. The number of nitro benzene ring substituents is 1. The van der Waals surface area contributed by atoms with E-state index in [1.54, 1.807) is 12.1 Å². The third-order valence-electron chi connectivity index (χ3n) is 5.00. The number of rotatable bonds is 5. The number of nitro groups is 1. The molecule has 2 atom stereocenters. The Bertz CT molecular complexity index is 888. The molecule has 2 saturated heterocycles. The number of ether oxygens (including phenoxy) is 3. The van der Waals surface area contributed by atoms with Crippen LogP contribution in [0.1, 0.15) is 11.1 Å². The first-order chi connectivity index (χ1) is 14.2. The number of non-ortho nitro benzene ring substituents is 1. The number of hydrogen-bond acceptors (Lipinski definition) is 6. The van der Waals surface area contributed by atoms with E-state index in [4.69, 9.17) is 14.2 Å². The molecule has 0 bridgehead atoms. The molecular formula is C22H22N2O5. The summed E-state index contributed by atoms with van der Waals surface area (Å²) in [6.07, 6.45) is 0.384. The van der Waals surface area contributed by atoms with E-state index < -0.39 is 4.92 Å². The molecule has 0 radical (unpaired) electrons. The maximum Gasteiger partial charge on any atom is 0.269 e. The highest BCUT2D eigenvalue weighted by Crippen LogP contribution is 2.20. The predicted octanol–water partition coefficient (Wildman–Crippen LogP) is 2.47. The molecule has 2 fully saturated rings. The summed E-state index contributed by atoms with van der Waals surface area (Å²) >= 11 is 0. The molecule has 0 saturated carbocycles. The van der Waals surface area contributed by atoms with E-state index in [-0.39, 0.29) is 17.9 Å². The van der Waals surface area contributed by atoms with Crippen molar-refractivity contribution in [1.82, 2.24) is 4.90 Å². The van der Waals surface area contributed by atoms with Crippen LogP contribution in [0, 0.1) is 22.0 Å². The van der Waals surface area contributed by atoms with Gasteiger partial charge in [-0.05, 0) is 36.4 Å². The predicted molar refractivity (Wildman–Crippen MR) is 107 cm³/mol. The van der Waals surface area contributed by atoms with Crippen molar-refractivity contribution in [2.45, 2.75) is 12.2 Å². The molecule has 29 heavy (non-hydrogen) atoms. The molecule has 0 N–H and O–H groups in total. The van der Waals surface area contributed by atoms with Crippen molar-refractivity contribution in [2.24, 2.45) is 0 Å². The molecule has 0 unspecified atom stereocenters. The van der Waals surface area contributed by atoms with Gasteiger partial charge in [0.2, 0.25) is 0 Å². The van der Waals surface area contributed by atoms with Gasteiger partial charge < -0.3 is 14.2 Å². The topological polar surface area (TPSA) is 74.1 Å². The Hall–Kier alpha value is -2.92. The van der Waals surface area contributed by atoms with E-state index in [1.807, 2.05) is 24.3 Å². The molecule has 0 aromatic heterocycles. The maximum absolute atomic E-state index is 10.7. The fraction of sp³-hybridized carbons (Fsp3) is 0.364. The lowest BCUT2D eigenvalue weighted by Crippen LogP contribution is -2.36. The zero-order chi connectivity index (χ0) is 20.1. The molecule has 7 nitrogen and oxygen atoms in total. The van der Waals surface area contributed by atoms with Crippen molar-refractivity contribution in [3.05, 3.63) is 69.8 Å². The Labute approximate surface area is 169 Å². The van der Waals surface area contributed by atoms with Gasteiger partial charge in [0.1, 0.15) is 12.4 Å². The van der Waals surface area contributed by atoms with Gasteiger partial charge in [0.15, 0.2) is 0 Å². The van der Waals surface area contributed by atoms with Crippen LogP contribution in [0.2, 0.25) is 0 Å². The standard InChI is InChI=1S/C22H22N2O5/c25-24(26)19-7-3-17(4-8-19)1-2-18-5-9-20(10-6-18)27-12-11-23-15-21-22(16-23)29-14-13-28-21/h3-10,21-22H,11-16H2/t21-,22+. The largest absolute Gasteiger partial charge is 0.492 e. The average molecular weight is 394 g/mol. The van der Waals surface area contributed by atoms with E-state index in [0.717, 1.165) is 36.5 Å². The van der Waals surface area contributed by atoms with Crippen molar-refractivity contribution in [1.29, 1.82) is 0 Å². The summed E-state index contributed by atoms with van der Waals surface area (Å²) in [7, 11) is 0. The molecule has 0 amide bonds. The smallest absolute Gasteiger partial charge is 0.269 e. The highest BCUT2D eigenvalue weighted by atomic mass is 16.6. The van der Waals surface area contributed by atoms with E-state index in [9.17, 15) is 10.1 Å². The molecular weight excluding hydrogens is 372 g/mol. The first-order valence-corrected chi connectivity index (χ1v) is 9.62. The zero-order valence-electron chi connectivity index (χ0n) is 16.0. The molecule has 4 rings (SSSR count). The van der Waals surface area contributed by atoms with Gasteiger partial charge in [0, 0.05) is 42.9 Å². The van der Waals surface area contributed by atoms with Crippen LogP contribution in [0.4, 0.5) is 5.69 Å². The summed E-state index contributed by atoms with van der Waals surface area (Å²) < 4.78 is 17.3. The van der Waals surface area contributed by atoms with Gasteiger partial charge in [-0.25, -0.2) is 0 Å². The van der Waals surface area contributed by atoms with Gasteiger partial charge in [-0.2, -0.15) is 0 Å². The molecule has 7 heteroatoms. The second-order valence-electron chi connectivity index (χ2n) is 7.00. The normalized spacial score (nSPS) is 21.1. The SMILES string of the molecule is O=[N+]([O-])c1ccc(C#Cc2ccc(OCCN3C[C@@H]4OCCO[C@@H]4C3)cc2)cc1. The summed E-state index contributed by atoms with van der Waals surface area (Å²) in [5, 5.41) is 10.7. The van der Waals surface area contributed by atoms with Crippen molar-refractivity contribution in [3.8, 4) is 17.6 Å². The van der Waals surface area contributed by atoms with Crippen LogP contribution in [0.3, 0.4) is 0 Å². The van der Waals surface area contributed by atoms with Crippen LogP contribution >= 0.6 is 0 Å². The van der Waals surface area contributed by atoms with Crippen LogP contribution in [-0.4, -0.2) is 61.5 Å². The maximum atomic E-state index is 10.7. The molecule has 2 aromatic carbocycles. The summed E-state index contributed by atoms with van der Waals surface area (Å²) in [6, 6.07) is 13.8. The third-order valence-corrected chi connectivity index (χ3v) is 5.00. The Morgan fingerprint density at radius 3 is 2.07 bits per heavy atom. The summed E-state index contributed by atoms with van der Waals surface area (Å²) in [6.45, 7) is 4.60. The van der Waals surface area contributed by atoms with Crippen molar-refractivity contribution >= 4 is 5.69 Å². The number of hydrogen-bond donors (Lipinski definition) is 0. The van der Waals surface area contributed by atoms with Gasteiger partial charge in [-0.1, -0.05) is 11.8 Å². The van der Waals surface area contributed by atoms with Gasteiger partial charge in [0.05, 0.1) is 30.3 Å². The fourth-order valence-corrected chi connectivity index (χ4v) is 3.46. The zero-order valence-corrected chi connectivity index (χ0v) is 16.0. The van der Waals surface area contributed by atoms with Crippen LogP contribution < -0.4 is 4.74 Å². The number of benzene rings is 2. The van der Waals surface area contributed by atoms with E-state index >= 15 is 0 Å². The molecule has 2 aromatic rings. The van der Waals surface area contributed by atoms with E-state index in [0.29, 0.717) is 19.8 Å². The first kappa shape index (κ1) is 19.4. The second kappa shape index (κ2) is 9.05. The molecule has 2 aliphatic heterocycles. The minimum Gasteiger partial charge on any atom is -0.492 e. The molecule has 2 heterocycles. The Balaban J connectivity index is 1.25. The molecule has 0 aliphatic carbocycles. The lowest BCUT2D eigenvalue weighted by Gasteiger charge is -2.24. The fourth-order valence-electron chi connectivity index (χ4n) is 3.46. The number of nitrogens with zero attached hydrogens (tertiary/aromatic N) is 2. The van der Waals surface area contributed by atoms with Crippen molar-refractivity contribution in [3.63, 3.8) is 0 Å². The van der Waals surface area contributed by atoms with Crippen LogP contribution in [-0.2, 0) is 9.47 Å². The number of likely N-dealkylation sites (tertiary alicyclic amines) is 1. The molecule has 2 aliphatic rings. The molecule has 0 spiro atoms. The molecule has 150 valence electrons. The quantitative estimate of drug-likeness (QED) is 0.441. The van der Waals surface area contributed by atoms with Crippen LogP contribution in [0.25, 0.3) is 0 Å². The number of fused-ring (bicyclic) bond motifs is 1. The summed E-state index contributed by atoms with van der Waals surface area (Å²) in [4.78, 5) is 12.6. The monoisotopic (exact) mass is 394 g/mol. The van der Waals surface area contributed by atoms with E-state index in [2.05, 4.69) is 16.7 Å². The Morgan fingerprint density at radius 1 is 0.966 bits per heavy atom. The van der Waals surface area contributed by atoms with Gasteiger partial charge in [-0.15, -0.1) is 0 Å². The van der Waals surface area contributed by atoms with Crippen LogP contribution in [0.15, 0.2) is 48.5 Å². The van der Waals surface area contributed by atoms with Crippen molar-refractivity contribution in [2.75, 3.05) is 39.5 Å². The minimum atomic E-state index is -0.422. The summed E-state index contributed by atoms with van der Waals surface area (Å²) in [5.74, 6) is 6.86. The van der Waals surface area contributed by atoms with E-state index in [1.165, 1.54) is 12.1 Å². The van der Waals surface area contributed by atoms with Gasteiger partial charge >= 0.3 is 0 Å². The minimum absolute atomic E-state index is 0.0600. The Morgan fingerprint density at radius 2 is 1.52 bits per heavy atom. The third kappa shape index (κ3) is 5.12. The van der Waals surface area contributed by atoms with Gasteiger partial charge in [-0.3, -0.25) is 15.0 Å². The summed E-state index contributed by atoms with van der Waals surface area (Å²) in [5.41, 5.74) is 1.65. The Kier molecular flexibility index (Phi) is 6.06. The second-order valence-corrected chi connectivity index (χ2v) is 7.00.